The molecule has 26 heavy (non-hydrogen) atoms. The molecule has 6 heteroatoms. The minimum absolute atomic E-state index is 0.198. The second-order valence-electron chi connectivity index (χ2n) is 6.15. The van der Waals surface area contributed by atoms with Crippen molar-refractivity contribution in [3.05, 3.63) is 48.0 Å². The van der Waals surface area contributed by atoms with Crippen LogP contribution in [0.25, 0.3) is 22.4 Å². The van der Waals surface area contributed by atoms with Crippen molar-refractivity contribution in [2.45, 2.75) is 18.9 Å². The van der Waals surface area contributed by atoms with Gasteiger partial charge in [0.1, 0.15) is 6.10 Å². The summed E-state index contributed by atoms with van der Waals surface area (Å²) < 4.78 is 11.3. The van der Waals surface area contributed by atoms with Crippen molar-refractivity contribution in [1.29, 1.82) is 0 Å². The molecule has 1 fully saturated rings. The number of hydrogen-bond donors (Lipinski definition) is 1. The van der Waals surface area contributed by atoms with Gasteiger partial charge in [-0.2, -0.15) is 0 Å². The number of nitrogens with one attached hydrogen (secondary N) is 1. The van der Waals surface area contributed by atoms with Crippen molar-refractivity contribution in [2.24, 2.45) is 0 Å². The summed E-state index contributed by atoms with van der Waals surface area (Å²) in [5, 5.41) is 6.07. The van der Waals surface area contributed by atoms with E-state index in [1.165, 1.54) is 0 Å². The maximum absolute atomic E-state index is 5.97. The Labute approximate surface area is 157 Å². The van der Waals surface area contributed by atoms with E-state index in [1.54, 1.807) is 11.3 Å². The Bertz CT molecular complexity index is 858. The van der Waals surface area contributed by atoms with Gasteiger partial charge in [0, 0.05) is 48.7 Å². The number of anilines is 1. The Morgan fingerprint density at radius 2 is 1.92 bits per heavy atom. The Balaban J connectivity index is 1.57. The van der Waals surface area contributed by atoms with Gasteiger partial charge in [0.25, 0.3) is 0 Å². The number of aromatic nitrogens is 2. The van der Waals surface area contributed by atoms with Crippen molar-refractivity contribution >= 4 is 16.5 Å². The molecule has 0 unspecified atom stereocenters. The van der Waals surface area contributed by atoms with Crippen LogP contribution in [0.4, 0.5) is 5.13 Å². The minimum Gasteiger partial charge on any atom is -0.474 e. The molecule has 1 N–H and O–H groups in total. The number of benzene rings is 1. The molecule has 1 aliphatic heterocycles. The average Bonchev–Trinajstić information content (AvgIpc) is 3.19. The first-order chi connectivity index (χ1) is 12.8. The van der Waals surface area contributed by atoms with Gasteiger partial charge in [0.2, 0.25) is 5.88 Å². The van der Waals surface area contributed by atoms with Crippen molar-refractivity contribution < 1.29 is 9.47 Å². The van der Waals surface area contributed by atoms with Crippen LogP contribution in [-0.2, 0) is 4.74 Å². The molecule has 0 amide bonds. The molecule has 0 bridgehead atoms. The van der Waals surface area contributed by atoms with Crippen molar-refractivity contribution in [1.82, 2.24) is 9.97 Å². The van der Waals surface area contributed by atoms with Crippen LogP contribution in [-0.4, -0.2) is 36.3 Å². The molecule has 4 rings (SSSR count). The predicted molar refractivity (Wildman–Crippen MR) is 105 cm³/mol. The zero-order valence-corrected chi connectivity index (χ0v) is 15.5. The molecule has 1 aliphatic rings. The van der Waals surface area contributed by atoms with E-state index in [0.717, 1.165) is 53.6 Å². The zero-order valence-electron chi connectivity index (χ0n) is 14.6. The van der Waals surface area contributed by atoms with Crippen molar-refractivity contribution in [2.75, 3.05) is 25.6 Å². The Hall–Kier alpha value is -2.44. The van der Waals surface area contributed by atoms with Gasteiger partial charge in [-0.1, -0.05) is 24.3 Å². The van der Waals surface area contributed by atoms with Gasteiger partial charge >= 0.3 is 0 Å². The fourth-order valence-electron chi connectivity index (χ4n) is 3.04. The van der Waals surface area contributed by atoms with Crippen LogP contribution in [0.1, 0.15) is 12.8 Å². The van der Waals surface area contributed by atoms with E-state index in [1.807, 2.05) is 31.4 Å². The minimum atomic E-state index is 0.198. The van der Waals surface area contributed by atoms with E-state index in [2.05, 4.69) is 38.9 Å². The molecule has 2 aromatic heterocycles. The van der Waals surface area contributed by atoms with Crippen LogP contribution in [0.5, 0.6) is 5.88 Å². The summed E-state index contributed by atoms with van der Waals surface area (Å²) in [5.41, 5.74) is 4.24. The second-order valence-corrected chi connectivity index (χ2v) is 7.01. The molecular formula is C20H21N3O2S. The normalized spacial score (nSPS) is 15.0. The van der Waals surface area contributed by atoms with Gasteiger partial charge in [-0.25, -0.2) is 9.97 Å². The molecule has 1 aromatic carbocycles. The maximum Gasteiger partial charge on any atom is 0.213 e. The number of thiazole rings is 1. The summed E-state index contributed by atoms with van der Waals surface area (Å²) in [7, 11) is 1.88. The van der Waals surface area contributed by atoms with Crippen molar-refractivity contribution in [3.63, 3.8) is 0 Å². The Morgan fingerprint density at radius 3 is 2.62 bits per heavy atom. The molecule has 0 spiro atoms. The van der Waals surface area contributed by atoms with E-state index in [0.29, 0.717) is 5.88 Å². The number of pyridine rings is 1. The first kappa shape index (κ1) is 17.0. The van der Waals surface area contributed by atoms with Crippen LogP contribution in [0.2, 0.25) is 0 Å². The molecule has 0 saturated carbocycles. The lowest BCUT2D eigenvalue weighted by Crippen LogP contribution is -2.26. The standard InChI is InChI=1S/C20H21N3O2S/c1-21-20-23-18(13-26-20)17-5-3-2-4-16(17)14-6-7-19(22-12-14)25-15-8-10-24-11-9-15/h2-7,12-13,15H,8-11H2,1H3,(H,21,23). The molecular weight excluding hydrogens is 346 g/mol. The summed E-state index contributed by atoms with van der Waals surface area (Å²) in [6, 6.07) is 12.3. The highest BCUT2D eigenvalue weighted by Gasteiger charge is 2.16. The molecule has 5 nitrogen and oxygen atoms in total. The van der Waals surface area contributed by atoms with E-state index in [-0.39, 0.29) is 6.10 Å². The first-order valence-electron chi connectivity index (χ1n) is 8.77. The second kappa shape index (κ2) is 7.85. The van der Waals surface area contributed by atoms with Crippen LogP contribution in [0.15, 0.2) is 48.0 Å². The van der Waals surface area contributed by atoms with E-state index >= 15 is 0 Å². The van der Waals surface area contributed by atoms with E-state index in [4.69, 9.17) is 9.47 Å². The highest BCUT2D eigenvalue weighted by molar-refractivity contribution is 7.14. The van der Waals surface area contributed by atoms with Gasteiger partial charge in [0.15, 0.2) is 5.13 Å². The summed E-state index contributed by atoms with van der Waals surface area (Å²) in [4.78, 5) is 9.14. The molecule has 0 aliphatic carbocycles. The highest BCUT2D eigenvalue weighted by atomic mass is 32.1. The van der Waals surface area contributed by atoms with Crippen LogP contribution in [0, 0.1) is 0 Å². The van der Waals surface area contributed by atoms with Crippen molar-refractivity contribution in [3.8, 4) is 28.3 Å². The number of ether oxygens (including phenoxy) is 2. The summed E-state index contributed by atoms with van der Waals surface area (Å²) >= 11 is 1.60. The first-order valence-corrected chi connectivity index (χ1v) is 9.65. The van der Waals surface area contributed by atoms with Gasteiger partial charge in [0.05, 0.1) is 18.9 Å². The fourth-order valence-corrected chi connectivity index (χ4v) is 3.72. The largest absolute Gasteiger partial charge is 0.474 e. The number of rotatable bonds is 5. The lowest BCUT2D eigenvalue weighted by molar-refractivity contribution is 0.0237. The topological polar surface area (TPSA) is 56.3 Å². The molecule has 1 saturated heterocycles. The summed E-state index contributed by atoms with van der Waals surface area (Å²) in [5.74, 6) is 0.671. The zero-order chi connectivity index (χ0) is 17.8. The lowest BCUT2D eigenvalue weighted by atomic mass is 9.99. The summed E-state index contributed by atoms with van der Waals surface area (Å²) in [6.45, 7) is 1.52. The molecule has 0 atom stereocenters. The molecule has 3 heterocycles. The average molecular weight is 367 g/mol. The Kier molecular flexibility index (Phi) is 5.13. The molecule has 0 radical (unpaired) electrons. The van der Waals surface area contributed by atoms with Crippen LogP contribution >= 0.6 is 11.3 Å². The quantitative estimate of drug-likeness (QED) is 0.721. The van der Waals surface area contributed by atoms with E-state index in [9.17, 15) is 0 Å². The van der Waals surface area contributed by atoms with Crippen LogP contribution in [0.3, 0.4) is 0 Å². The maximum atomic E-state index is 5.97. The third kappa shape index (κ3) is 3.71. The molecule has 3 aromatic rings. The number of hydrogen-bond acceptors (Lipinski definition) is 6. The predicted octanol–water partition coefficient (Wildman–Crippen LogP) is 4.47. The monoisotopic (exact) mass is 367 g/mol. The lowest BCUT2D eigenvalue weighted by Gasteiger charge is -2.22. The van der Waals surface area contributed by atoms with Gasteiger partial charge in [-0.05, 0) is 11.6 Å². The van der Waals surface area contributed by atoms with Gasteiger partial charge < -0.3 is 14.8 Å². The van der Waals surface area contributed by atoms with Gasteiger partial charge in [-0.15, -0.1) is 11.3 Å². The van der Waals surface area contributed by atoms with Gasteiger partial charge in [-0.3, -0.25) is 0 Å². The third-order valence-electron chi connectivity index (χ3n) is 4.42. The Morgan fingerprint density at radius 1 is 1.12 bits per heavy atom. The SMILES string of the molecule is CNc1nc(-c2ccccc2-c2ccc(OC3CCOCC3)nc2)cs1. The van der Waals surface area contributed by atoms with Crippen LogP contribution < -0.4 is 10.1 Å². The van der Waals surface area contributed by atoms with E-state index < -0.39 is 0 Å². The number of nitrogens with zero attached hydrogens (tertiary/aromatic N) is 2. The smallest absolute Gasteiger partial charge is 0.213 e. The summed E-state index contributed by atoms with van der Waals surface area (Å²) in [6.07, 6.45) is 3.91. The fraction of sp³-hybridized carbons (Fsp3) is 0.300. The third-order valence-corrected chi connectivity index (χ3v) is 5.28. The highest BCUT2D eigenvalue weighted by Crippen LogP contribution is 2.33. The molecule has 134 valence electrons.